The fraction of sp³-hybridized carbons (Fsp3) is 0.929. The highest BCUT2D eigenvalue weighted by Crippen LogP contribution is 2.10. The van der Waals surface area contributed by atoms with Crippen LogP contribution in [-0.2, 0) is 9.53 Å². The molecule has 0 amide bonds. The lowest BCUT2D eigenvalue weighted by Gasteiger charge is -2.19. The minimum absolute atomic E-state index is 0.0727. The lowest BCUT2D eigenvalue weighted by Crippen LogP contribution is -2.23. The molecule has 0 aliphatic heterocycles. The average Bonchev–Trinajstić information content (AvgIpc) is 2.19. The third-order valence-electron chi connectivity index (χ3n) is 2.36. The highest BCUT2D eigenvalue weighted by molar-refractivity contribution is 5.69. The number of nitrogens with one attached hydrogen (secondary N) is 1. The van der Waals surface area contributed by atoms with Crippen LogP contribution in [0.4, 0.5) is 0 Å². The van der Waals surface area contributed by atoms with Gasteiger partial charge in [-0.05, 0) is 53.1 Å². The Morgan fingerprint density at radius 3 is 2.29 bits per heavy atom. The molecule has 0 spiro atoms. The Kier molecular flexibility index (Phi) is 9.14. The van der Waals surface area contributed by atoms with E-state index in [0.29, 0.717) is 6.42 Å². The number of hydrogen-bond donors (Lipinski definition) is 1. The summed E-state index contributed by atoms with van der Waals surface area (Å²) in [4.78, 5) is 11.4. The fourth-order valence-electron chi connectivity index (χ4n) is 1.52. The number of hydrogen-bond acceptors (Lipinski definition) is 3. The minimum Gasteiger partial charge on any atom is -0.460 e. The molecule has 1 N–H and O–H groups in total. The van der Waals surface area contributed by atoms with Crippen LogP contribution in [0.25, 0.3) is 0 Å². The molecule has 0 bridgehead atoms. The Morgan fingerprint density at radius 1 is 1.06 bits per heavy atom. The quantitative estimate of drug-likeness (QED) is 0.499. The molecular weight excluding hydrogens is 214 g/mol. The summed E-state index contributed by atoms with van der Waals surface area (Å²) in [6.45, 7) is 10.1. The first kappa shape index (κ1) is 16.4. The monoisotopic (exact) mass is 243 g/mol. The molecule has 0 aromatic heterocycles. The van der Waals surface area contributed by atoms with Crippen molar-refractivity contribution in [3.63, 3.8) is 0 Å². The lowest BCUT2D eigenvalue weighted by atomic mass is 10.1. The van der Waals surface area contributed by atoms with E-state index in [9.17, 15) is 4.79 Å². The molecular formula is C14H29NO2. The number of carbonyl (C=O) groups excluding carboxylic acids is 1. The summed E-state index contributed by atoms with van der Waals surface area (Å²) in [5.74, 6) is -0.0727. The summed E-state index contributed by atoms with van der Waals surface area (Å²) >= 11 is 0. The predicted octanol–water partition coefficient (Wildman–Crippen LogP) is 3.28. The molecule has 0 rings (SSSR count). The average molecular weight is 243 g/mol. The summed E-state index contributed by atoms with van der Waals surface area (Å²) in [5, 5.41) is 3.40. The molecule has 0 aromatic rings. The molecule has 3 nitrogen and oxygen atoms in total. The minimum atomic E-state index is -0.348. The van der Waals surface area contributed by atoms with E-state index in [-0.39, 0.29) is 11.6 Å². The molecule has 0 aliphatic carbocycles. The van der Waals surface area contributed by atoms with Crippen LogP contribution < -0.4 is 5.32 Å². The summed E-state index contributed by atoms with van der Waals surface area (Å²) in [7, 11) is 0. The van der Waals surface area contributed by atoms with Crippen LogP contribution in [0.1, 0.15) is 66.2 Å². The van der Waals surface area contributed by atoms with Crippen LogP contribution in [0.3, 0.4) is 0 Å². The van der Waals surface area contributed by atoms with Gasteiger partial charge in [-0.1, -0.05) is 19.8 Å². The van der Waals surface area contributed by atoms with Crippen molar-refractivity contribution in [2.45, 2.75) is 71.8 Å². The van der Waals surface area contributed by atoms with Gasteiger partial charge in [0, 0.05) is 6.42 Å². The van der Waals surface area contributed by atoms with E-state index in [0.717, 1.165) is 32.4 Å². The fourth-order valence-corrected chi connectivity index (χ4v) is 1.52. The molecule has 102 valence electrons. The number of esters is 1. The standard InChI is InChI=1S/C14H29NO2/c1-5-6-11-15-12-9-7-8-10-13(16)17-14(2,3)4/h15H,5-12H2,1-4H3. The Labute approximate surface area is 106 Å². The van der Waals surface area contributed by atoms with Gasteiger partial charge in [-0.2, -0.15) is 0 Å². The van der Waals surface area contributed by atoms with Crippen molar-refractivity contribution in [2.75, 3.05) is 13.1 Å². The van der Waals surface area contributed by atoms with Gasteiger partial charge in [0.15, 0.2) is 0 Å². The molecule has 17 heavy (non-hydrogen) atoms. The summed E-state index contributed by atoms with van der Waals surface area (Å²) < 4.78 is 5.24. The van der Waals surface area contributed by atoms with E-state index in [2.05, 4.69) is 12.2 Å². The second-order valence-corrected chi connectivity index (χ2v) is 5.50. The van der Waals surface area contributed by atoms with Crippen molar-refractivity contribution in [3.05, 3.63) is 0 Å². The van der Waals surface area contributed by atoms with Crippen LogP contribution in [0.2, 0.25) is 0 Å². The van der Waals surface area contributed by atoms with E-state index < -0.39 is 0 Å². The Balaban J connectivity index is 3.25. The first-order valence-electron chi connectivity index (χ1n) is 6.88. The Morgan fingerprint density at radius 2 is 1.71 bits per heavy atom. The Bertz CT molecular complexity index is 197. The van der Waals surface area contributed by atoms with Crippen LogP contribution in [0.5, 0.6) is 0 Å². The highest BCUT2D eigenvalue weighted by atomic mass is 16.6. The summed E-state index contributed by atoms with van der Waals surface area (Å²) in [5.41, 5.74) is -0.348. The van der Waals surface area contributed by atoms with Crippen molar-refractivity contribution < 1.29 is 9.53 Å². The normalized spacial score (nSPS) is 11.5. The van der Waals surface area contributed by atoms with Gasteiger partial charge in [-0.15, -0.1) is 0 Å². The topological polar surface area (TPSA) is 38.3 Å². The zero-order valence-corrected chi connectivity index (χ0v) is 12.0. The highest BCUT2D eigenvalue weighted by Gasteiger charge is 2.15. The lowest BCUT2D eigenvalue weighted by molar-refractivity contribution is -0.154. The number of carbonyl (C=O) groups is 1. The van der Waals surface area contributed by atoms with Gasteiger partial charge >= 0.3 is 5.97 Å². The van der Waals surface area contributed by atoms with Gasteiger partial charge in [-0.25, -0.2) is 0 Å². The summed E-state index contributed by atoms with van der Waals surface area (Å²) in [6.07, 6.45) is 6.21. The van der Waals surface area contributed by atoms with Crippen molar-refractivity contribution in [3.8, 4) is 0 Å². The zero-order valence-electron chi connectivity index (χ0n) is 12.0. The maximum Gasteiger partial charge on any atom is 0.306 e. The van der Waals surface area contributed by atoms with E-state index >= 15 is 0 Å². The molecule has 0 atom stereocenters. The zero-order chi connectivity index (χ0) is 13.1. The van der Waals surface area contributed by atoms with Crippen molar-refractivity contribution in [2.24, 2.45) is 0 Å². The third-order valence-corrected chi connectivity index (χ3v) is 2.36. The van der Waals surface area contributed by atoms with Crippen LogP contribution in [-0.4, -0.2) is 24.7 Å². The molecule has 3 heteroatoms. The molecule has 0 aliphatic rings. The van der Waals surface area contributed by atoms with Crippen LogP contribution in [0, 0.1) is 0 Å². The smallest absolute Gasteiger partial charge is 0.306 e. The van der Waals surface area contributed by atoms with Gasteiger partial charge < -0.3 is 10.1 Å². The van der Waals surface area contributed by atoms with E-state index in [1.165, 1.54) is 12.8 Å². The van der Waals surface area contributed by atoms with Crippen LogP contribution >= 0.6 is 0 Å². The third kappa shape index (κ3) is 13.4. The number of unbranched alkanes of at least 4 members (excludes halogenated alkanes) is 3. The molecule has 0 fully saturated rings. The number of ether oxygens (including phenoxy) is 1. The van der Waals surface area contributed by atoms with E-state index in [1.807, 2.05) is 20.8 Å². The summed E-state index contributed by atoms with van der Waals surface area (Å²) in [6, 6.07) is 0. The largest absolute Gasteiger partial charge is 0.460 e. The second kappa shape index (κ2) is 9.46. The molecule has 0 radical (unpaired) electrons. The maximum atomic E-state index is 11.4. The second-order valence-electron chi connectivity index (χ2n) is 5.50. The maximum absolute atomic E-state index is 11.4. The van der Waals surface area contributed by atoms with Gasteiger partial charge in [0.25, 0.3) is 0 Å². The van der Waals surface area contributed by atoms with Crippen molar-refractivity contribution in [1.82, 2.24) is 5.32 Å². The van der Waals surface area contributed by atoms with Gasteiger partial charge in [0.2, 0.25) is 0 Å². The van der Waals surface area contributed by atoms with E-state index in [1.54, 1.807) is 0 Å². The molecule has 0 heterocycles. The predicted molar refractivity (Wildman–Crippen MR) is 72.1 cm³/mol. The molecule has 0 unspecified atom stereocenters. The molecule has 0 saturated heterocycles. The SMILES string of the molecule is CCCCNCCCCCC(=O)OC(C)(C)C. The van der Waals surface area contributed by atoms with Gasteiger partial charge in [0.05, 0.1) is 0 Å². The van der Waals surface area contributed by atoms with Gasteiger partial charge in [0.1, 0.15) is 5.60 Å². The molecule has 0 saturated carbocycles. The van der Waals surface area contributed by atoms with Crippen molar-refractivity contribution in [1.29, 1.82) is 0 Å². The first-order chi connectivity index (χ1) is 7.95. The number of rotatable bonds is 9. The van der Waals surface area contributed by atoms with E-state index in [4.69, 9.17) is 4.74 Å². The Hall–Kier alpha value is -0.570. The van der Waals surface area contributed by atoms with Gasteiger partial charge in [-0.3, -0.25) is 4.79 Å². The first-order valence-corrected chi connectivity index (χ1v) is 6.88. The van der Waals surface area contributed by atoms with Crippen LogP contribution in [0.15, 0.2) is 0 Å². The molecule has 0 aromatic carbocycles. The van der Waals surface area contributed by atoms with Crippen molar-refractivity contribution >= 4 is 5.97 Å².